The lowest BCUT2D eigenvalue weighted by Gasteiger charge is -2.27. The van der Waals surface area contributed by atoms with Crippen molar-refractivity contribution >= 4 is 28.6 Å². The van der Waals surface area contributed by atoms with Crippen LogP contribution in [0.4, 0.5) is 0 Å². The summed E-state index contributed by atoms with van der Waals surface area (Å²) in [4.78, 5) is 41.9. The van der Waals surface area contributed by atoms with Crippen molar-refractivity contribution < 1.29 is 14.4 Å². The van der Waals surface area contributed by atoms with Gasteiger partial charge in [0, 0.05) is 36.3 Å². The smallest absolute Gasteiger partial charge is 0.271 e. The molecule has 3 heterocycles. The van der Waals surface area contributed by atoms with Crippen LogP contribution in [0, 0.1) is 0 Å². The highest BCUT2D eigenvalue weighted by molar-refractivity contribution is 6.08. The number of likely N-dealkylation sites (tertiary alicyclic amines) is 1. The molecule has 2 aromatic carbocycles. The molecule has 0 unspecified atom stereocenters. The van der Waals surface area contributed by atoms with Gasteiger partial charge in [-0.3, -0.25) is 24.0 Å². The van der Waals surface area contributed by atoms with Gasteiger partial charge in [-0.1, -0.05) is 31.4 Å². The molecule has 2 aliphatic rings. The average molecular weight is 498 g/mol. The van der Waals surface area contributed by atoms with E-state index < -0.39 is 5.91 Å². The molecule has 8 heteroatoms. The van der Waals surface area contributed by atoms with Gasteiger partial charge >= 0.3 is 0 Å². The molecular weight excluding hydrogens is 466 g/mol. The summed E-state index contributed by atoms with van der Waals surface area (Å²) in [6, 6.07) is 11.9. The van der Waals surface area contributed by atoms with Crippen LogP contribution in [0.1, 0.15) is 55.1 Å². The topological polar surface area (TPSA) is 87.5 Å². The van der Waals surface area contributed by atoms with E-state index in [-0.39, 0.29) is 35.8 Å². The maximum Gasteiger partial charge on any atom is 0.271 e. The third-order valence-corrected chi connectivity index (χ3v) is 7.08. The number of piperidine rings is 1. The number of nitrogens with one attached hydrogen (secondary N) is 1. The highest BCUT2D eigenvalue weighted by Crippen LogP contribution is 2.35. The molecule has 5 rings (SSSR count). The molecule has 0 radical (unpaired) electrons. The monoisotopic (exact) mass is 497 g/mol. The Morgan fingerprint density at radius 2 is 1.76 bits per heavy atom. The van der Waals surface area contributed by atoms with Gasteiger partial charge in [0.1, 0.15) is 5.70 Å². The molecule has 3 aromatic rings. The highest BCUT2D eigenvalue weighted by atomic mass is 16.2. The van der Waals surface area contributed by atoms with Crippen LogP contribution in [0.2, 0.25) is 0 Å². The first-order valence-corrected chi connectivity index (χ1v) is 12.7. The fourth-order valence-electron chi connectivity index (χ4n) is 4.97. The first-order valence-electron chi connectivity index (χ1n) is 12.7. The van der Waals surface area contributed by atoms with E-state index in [0.29, 0.717) is 18.7 Å². The lowest BCUT2D eigenvalue weighted by Crippen LogP contribution is -2.42. The Morgan fingerprint density at radius 1 is 1.03 bits per heavy atom. The molecule has 1 fully saturated rings. The second-order valence-corrected chi connectivity index (χ2v) is 9.93. The van der Waals surface area contributed by atoms with Crippen LogP contribution in [-0.2, 0) is 16.1 Å². The van der Waals surface area contributed by atoms with Gasteiger partial charge in [-0.05, 0) is 68.0 Å². The number of carbonyl (C=O) groups is 3. The SMILES string of the molecule is C=C(NC(=O)C(=C)N1Cc2c(cccc2-c2ccc3nn(C(C)C)cc3c2)C1=O)C(=O)N1CCCCC1. The number of carbonyl (C=O) groups excluding carboxylic acids is 3. The number of amides is 3. The fourth-order valence-corrected chi connectivity index (χ4v) is 4.97. The van der Waals surface area contributed by atoms with E-state index in [2.05, 4.69) is 43.5 Å². The van der Waals surface area contributed by atoms with Crippen LogP contribution >= 0.6 is 0 Å². The zero-order valence-corrected chi connectivity index (χ0v) is 21.3. The maximum atomic E-state index is 13.3. The van der Waals surface area contributed by atoms with Crippen molar-refractivity contribution in [3.63, 3.8) is 0 Å². The van der Waals surface area contributed by atoms with Crippen LogP contribution in [0.5, 0.6) is 0 Å². The molecular formula is C29H31N5O3. The Bertz CT molecular complexity index is 1440. The quantitative estimate of drug-likeness (QED) is 0.512. The number of benzene rings is 2. The summed E-state index contributed by atoms with van der Waals surface area (Å²) in [5.41, 5.74) is 4.14. The Morgan fingerprint density at radius 3 is 2.49 bits per heavy atom. The summed E-state index contributed by atoms with van der Waals surface area (Å²) in [7, 11) is 0. The van der Waals surface area contributed by atoms with Gasteiger partial charge in [-0.2, -0.15) is 5.10 Å². The first kappa shape index (κ1) is 24.5. The molecule has 2 aliphatic heterocycles. The van der Waals surface area contributed by atoms with Gasteiger partial charge in [0.25, 0.3) is 17.7 Å². The maximum absolute atomic E-state index is 13.3. The van der Waals surface area contributed by atoms with Gasteiger partial charge in [0.15, 0.2) is 0 Å². The molecule has 0 spiro atoms. The van der Waals surface area contributed by atoms with Gasteiger partial charge < -0.3 is 10.2 Å². The predicted octanol–water partition coefficient (Wildman–Crippen LogP) is 4.40. The normalized spacial score (nSPS) is 15.3. The Balaban J connectivity index is 1.34. The van der Waals surface area contributed by atoms with Gasteiger partial charge in [-0.25, -0.2) is 0 Å². The van der Waals surface area contributed by atoms with Crippen molar-refractivity contribution in [1.29, 1.82) is 0 Å². The molecule has 1 saturated heterocycles. The molecule has 1 aromatic heterocycles. The standard InChI is InChI=1S/C29H31N5O3/c1-18(2)34-16-22-15-21(11-12-26(22)31-34)23-9-8-10-24-25(23)17-33(29(24)37)20(4)27(35)30-19(3)28(36)32-13-6-5-7-14-32/h8-12,15-16,18H,3-7,13-14,17H2,1-2H3,(H,30,35). The van der Waals surface area contributed by atoms with E-state index in [0.717, 1.165) is 46.9 Å². The molecule has 37 heavy (non-hydrogen) atoms. The predicted molar refractivity (Wildman–Crippen MR) is 142 cm³/mol. The van der Waals surface area contributed by atoms with Crippen LogP contribution in [0.25, 0.3) is 22.0 Å². The summed E-state index contributed by atoms with van der Waals surface area (Å²) in [6.07, 6.45) is 4.99. The van der Waals surface area contributed by atoms with Crippen LogP contribution in [0.15, 0.2) is 67.1 Å². The zero-order chi connectivity index (χ0) is 26.3. The molecule has 3 amide bonds. The van der Waals surface area contributed by atoms with Crippen LogP contribution in [-0.4, -0.2) is 50.4 Å². The number of hydrogen-bond acceptors (Lipinski definition) is 4. The summed E-state index contributed by atoms with van der Waals surface area (Å²) in [5, 5.41) is 8.19. The van der Waals surface area contributed by atoms with Crippen LogP contribution < -0.4 is 5.32 Å². The van der Waals surface area contributed by atoms with E-state index in [4.69, 9.17) is 0 Å². The fraction of sp³-hybridized carbons (Fsp3) is 0.310. The molecule has 0 saturated carbocycles. The third kappa shape index (κ3) is 4.55. The number of fused-ring (bicyclic) bond motifs is 2. The Kier molecular flexibility index (Phi) is 6.41. The van der Waals surface area contributed by atoms with Crippen molar-refractivity contribution in [2.75, 3.05) is 13.1 Å². The number of aromatic nitrogens is 2. The van der Waals surface area contributed by atoms with E-state index in [1.165, 1.54) is 4.90 Å². The summed E-state index contributed by atoms with van der Waals surface area (Å²) < 4.78 is 1.93. The van der Waals surface area contributed by atoms with Crippen molar-refractivity contribution in [3.05, 3.63) is 78.3 Å². The molecule has 0 aliphatic carbocycles. The van der Waals surface area contributed by atoms with E-state index >= 15 is 0 Å². The number of rotatable bonds is 6. The van der Waals surface area contributed by atoms with Crippen molar-refractivity contribution in [2.24, 2.45) is 0 Å². The second-order valence-electron chi connectivity index (χ2n) is 9.93. The van der Waals surface area contributed by atoms with Crippen molar-refractivity contribution in [2.45, 2.75) is 45.7 Å². The molecule has 1 N–H and O–H groups in total. The van der Waals surface area contributed by atoms with E-state index in [1.807, 2.05) is 35.1 Å². The van der Waals surface area contributed by atoms with Gasteiger partial charge in [0.2, 0.25) is 0 Å². The zero-order valence-electron chi connectivity index (χ0n) is 21.3. The minimum atomic E-state index is -0.611. The Labute approximate surface area is 216 Å². The molecule has 190 valence electrons. The highest BCUT2D eigenvalue weighted by Gasteiger charge is 2.34. The second kappa shape index (κ2) is 9.69. The molecule has 8 nitrogen and oxygen atoms in total. The lowest BCUT2D eigenvalue weighted by atomic mass is 9.96. The Hall–Kier alpha value is -4.20. The average Bonchev–Trinajstić information content (AvgIpc) is 3.49. The first-order chi connectivity index (χ1) is 17.7. The number of nitrogens with zero attached hydrogens (tertiary/aromatic N) is 4. The van der Waals surface area contributed by atoms with E-state index in [1.54, 1.807) is 11.0 Å². The minimum absolute atomic E-state index is 0.00635. The van der Waals surface area contributed by atoms with Crippen molar-refractivity contribution in [1.82, 2.24) is 24.9 Å². The summed E-state index contributed by atoms with van der Waals surface area (Å²) in [6.45, 7) is 13.3. The largest absolute Gasteiger partial charge is 0.337 e. The summed E-state index contributed by atoms with van der Waals surface area (Å²) >= 11 is 0. The molecule has 0 atom stereocenters. The third-order valence-electron chi connectivity index (χ3n) is 7.08. The van der Waals surface area contributed by atoms with Gasteiger partial charge in [-0.15, -0.1) is 0 Å². The summed E-state index contributed by atoms with van der Waals surface area (Å²) in [5.74, 6) is -1.20. The van der Waals surface area contributed by atoms with Gasteiger partial charge in [0.05, 0.1) is 17.8 Å². The van der Waals surface area contributed by atoms with Crippen LogP contribution in [0.3, 0.4) is 0 Å². The van der Waals surface area contributed by atoms with E-state index in [9.17, 15) is 14.4 Å². The number of hydrogen-bond donors (Lipinski definition) is 1. The lowest BCUT2D eigenvalue weighted by molar-refractivity contribution is -0.130. The minimum Gasteiger partial charge on any atom is -0.337 e. The van der Waals surface area contributed by atoms with Crippen molar-refractivity contribution in [3.8, 4) is 11.1 Å². The molecule has 0 bridgehead atoms.